The minimum Gasteiger partial charge on any atom is -0.494 e. The molecule has 0 spiro atoms. The lowest BCUT2D eigenvalue weighted by molar-refractivity contribution is -0.144. The van der Waals surface area contributed by atoms with E-state index in [0.29, 0.717) is 10.6 Å². The van der Waals surface area contributed by atoms with Gasteiger partial charge in [0.05, 0.1) is 43.5 Å². The summed E-state index contributed by atoms with van der Waals surface area (Å²) in [6.07, 6.45) is 1.15. The summed E-state index contributed by atoms with van der Waals surface area (Å²) >= 11 is 1.22. The summed E-state index contributed by atoms with van der Waals surface area (Å²) in [5.41, 5.74) is 0.453. The fourth-order valence-electron chi connectivity index (χ4n) is 2.34. The van der Waals surface area contributed by atoms with Crippen molar-refractivity contribution >= 4 is 29.6 Å². The SMILES string of the molecule is CCOC(=O)/C=C1\SCC(=O)N1CCOC(=O)Cc1ccc(OC)c(F)c1. The highest BCUT2D eigenvalue weighted by Crippen LogP contribution is 2.28. The van der Waals surface area contributed by atoms with E-state index in [1.54, 1.807) is 13.0 Å². The van der Waals surface area contributed by atoms with Gasteiger partial charge in [0.2, 0.25) is 5.91 Å². The summed E-state index contributed by atoms with van der Waals surface area (Å²) in [5, 5.41) is 0.465. The van der Waals surface area contributed by atoms with Crippen molar-refractivity contribution in [3.8, 4) is 5.75 Å². The van der Waals surface area contributed by atoms with Crippen molar-refractivity contribution in [1.82, 2.24) is 4.90 Å². The molecule has 1 aromatic rings. The number of amides is 1. The Hall–Kier alpha value is -2.55. The van der Waals surface area contributed by atoms with Crippen molar-refractivity contribution in [3.05, 3.63) is 40.7 Å². The second-order valence-electron chi connectivity index (χ2n) is 5.43. The third-order valence-corrected chi connectivity index (χ3v) is 4.61. The van der Waals surface area contributed by atoms with E-state index in [4.69, 9.17) is 14.2 Å². The van der Waals surface area contributed by atoms with Crippen LogP contribution in [0, 0.1) is 5.82 Å². The Morgan fingerprint density at radius 2 is 2.11 bits per heavy atom. The van der Waals surface area contributed by atoms with Gasteiger partial charge in [-0.2, -0.15) is 0 Å². The lowest BCUT2D eigenvalue weighted by Gasteiger charge is -2.16. The maximum absolute atomic E-state index is 13.6. The van der Waals surface area contributed by atoms with Gasteiger partial charge in [-0.25, -0.2) is 9.18 Å². The largest absolute Gasteiger partial charge is 0.494 e. The van der Waals surface area contributed by atoms with E-state index < -0.39 is 17.8 Å². The van der Waals surface area contributed by atoms with Crippen molar-refractivity contribution in [1.29, 1.82) is 0 Å². The number of benzene rings is 1. The van der Waals surface area contributed by atoms with Crippen molar-refractivity contribution in [2.75, 3.05) is 32.6 Å². The van der Waals surface area contributed by atoms with E-state index >= 15 is 0 Å². The molecule has 0 saturated carbocycles. The fourth-order valence-corrected chi connectivity index (χ4v) is 3.30. The lowest BCUT2D eigenvalue weighted by atomic mass is 10.1. The highest BCUT2D eigenvalue weighted by Gasteiger charge is 2.27. The molecule has 7 nitrogen and oxygen atoms in total. The van der Waals surface area contributed by atoms with Gasteiger partial charge in [-0.3, -0.25) is 9.59 Å². The van der Waals surface area contributed by atoms with E-state index in [-0.39, 0.29) is 43.6 Å². The molecule has 0 radical (unpaired) electrons. The molecule has 0 aliphatic carbocycles. The zero-order valence-electron chi connectivity index (χ0n) is 15.0. The molecule has 1 aliphatic heterocycles. The summed E-state index contributed by atoms with van der Waals surface area (Å²) in [6, 6.07) is 4.22. The van der Waals surface area contributed by atoms with Crippen LogP contribution in [0.2, 0.25) is 0 Å². The van der Waals surface area contributed by atoms with Crippen LogP contribution in [0.1, 0.15) is 12.5 Å². The third-order valence-electron chi connectivity index (χ3n) is 3.58. The number of rotatable bonds is 8. The van der Waals surface area contributed by atoms with Crippen LogP contribution in [0.5, 0.6) is 5.75 Å². The Labute approximate surface area is 160 Å². The molecule has 0 aromatic heterocycles. The van der Waals surface area contributed by atoms with Gasteiger partial charge < -0.3 is 19.1 Å². The predicted octanol–water partition coefficient (Wildman–Crippen LogP) is 1.90. The van der Waals surface area contributed by atoms with E-state index in [0.717, 1.165) is 0 Å². The maximum atomic E-state index is 13.6. The molecule has 0 bridgehead atoms. The molecule has 1 aliphatic rings. The van der Waals surface area contributed by atoms with Gasteiger partial charge in [-0.05, 0) is 24.6 Å². The van der Waals surface area contributed by atoms with Crippen molar-refractivity contribution < 1.29 is 33.0 Å². The van der Waals surface area contributed by atoms with Crippen molar-refractivity contribution in [3.63, 3.8) is 0 Å². The molecule has 27 heavy (non-hydrogen) atoms. The van der Waals surface area contributed by atoms with E-state index in [1.807, 2.05) is 0 Å². The molecule has 146 valence electrons. The quantitative estimate of drug-likeness (QED) is 0.489. The Kier molecular flexibility index (Phi) is 7.66. The molecule has 2 rings (SSSR count). The van der Waals surface area contributed by atoms with Crippen LogP contribution in [-0.2, 0) is 30.3 Å². The number of halogens is 1. The average Bonchev–Trinajstić information content (AvgIpc) is 2.95. The topological polar surface area (TPSA) is 82.1 Å². The number of hydrogen-bond acceptors (Lipinski definition) is 7. The van der Waals surface area contributed by atoms with Crippen LogP contribution >= 0.6 is 11.8 Å². The van der Waals surface area contributed by atoms with E-state index in [1.165, 1.54) is 42.0 Å². The lowest BCUT2D eigenvalue weighted by Crippen LogP contribution is -2.29. The Bertz CT molecular complexity index is 751. The zero-order valence-corrected chi connectivity index (χ0v) is 15.8. The van der Waals surface area contributed by atoms with Crippen LogP contribution < -0.4 is 4.74 Å². The molecule has 1 fully saturated rings. The minimum absolute atomic E-state index is 0.0378. The summed E-state index contributed by atoms with van der Waals surface area (Å²) in [7, 11) is 1.36. The van der Waals surface area contributed by atoms with E-state index in [9.17, 15) is 18.8 Å². The molecule has 0 N–H and O–H groups in total. The first-order valence-corrected chi connectivity index (χ1v) is 9.22. The Morgan fingerprint density at radius 1 is 1.33 bits per heavy atom. The summed E-state index contributed by atoms with van der Waals surface area (Å²) < 4.78 is 28.4. The molecule has 1 amide bonds. The molecule has 1 saturated heterocycles. The smallest absolute Gasteiger partial charge is 0.333 e. The van der Waals surface area contributed by atoms with Crippen molar-refractivity contribution in [2.45, 2.75) is 13.3 Å². The van der Waals surface area contributed by atoms with Crippen LogP contribution in [0.15, 0.2) is 29.3 Å². The summed E-state index contributed by atoms with van der Waals surface area (Å²) in [5.74, 6) is -1.50. The number of carbonyl (C=O) groups excluding carboxylic acids is 3. The summed E-state index contributed by atoms with van der Waals surface area (Å²) in [4.78, 5) is 36.7. The molecule has 1 aromatic carbocycles. The number of ether oxygens (including phenoxy) is 3. The number of methoxy groups -OCH3 is 1. The van der Waals surface area contributed by atoms with E-state index in [2.05, 4.69) is 0 Å². The van der Waals surface area contributed by atoms with Gasteiger partial charge in [-0.1, -0.05) is 17.8 Å². The average molecular weight is 397 g/mol. The number of esters is 2. The first kappa shape index (κ1) is 20.8. The highest BCUT2D eigenvalue weighted by atomic mass is 32.2. The molecular formula is C18H20FNO6S. The summed E-state index contributed by atoms with van der Waals surface area (Å²) in [6.45, 7) is 2.02. The maximum Gasteiger partial charge on any atom is 0.333 e. The van der Waals surface area contributed by atoms with Crippen LogP contribution in [0.25, 0.3) is 0 Å². The molecule has 9 heteroatoms. The van der Waals surface area contributed by atoms with Gasteiger partial charge in [-0.15, -0.1) is 0 Å². The van der Waals surface area contributed by atoms with Crippen LogP contribution in [0.4, 0.5) is 4.39 Å². The predicted molar refractivity (Wildman–Crippen MR) is 96.5 cm³/mol. The second-order valence-corrected chi connectivity index (χ2v) is 6.43. The highest BCUT2D eigenvalue weighted by molar-refractivity contribution is 8.04. The second kappa shape index (κ2) is 9.96. The monoisotopic (exact) mass is 397 g/mol. The Morgan fingerprint density at radius 3 is 2.78 bits per heavy atom. The van der Waals surface area contributed by atoms with Gasteiger partial charge in [0.15, 0.2) is 11.6 Å². The number of hydrogen-bond donors (Lipinski definition) is 0. The Balaban J connectivity index is 1.85. The number of nitrogens with zero attached hydrogens (tertiary/aromatic N) is 1. The fraction of sp³-hybridized carbons (Fsp3) is 0.389. The molecule has 1 heterocycles. The van der Waals surface area contributed by atoms with Gasteiger partial charge in [0, 0.05) is 0 Å². The first-order chi connectivity index (χ1) is 12.9. The van der Waals surface area contributed by atoms with Crippen LogP contribution in [0.3, 0.4) is 0 Å². The minimum atomic E-state index is -0.559. The molecular weight excluding hydrogens is 377 g/mol. The molecule has 0 atom stereocenters. The van der Waals surface area contributed by atoms with Gasteiger partial charge in [0.1, 0.15) is 6.61 Å². The number of thioether (sulfide) groups is 1. The van der Waals surface area contributed by atoms with Crippen LogP contribution in [-0.4, -0.2) is 55.4 Å². The standard InChI is InChI=1S/C18H20FNO6S/c1-3-25-18(23)10-16-20(15(21)11-27-16)6-7-26-17(22)9-12-4-5-14(24-2)13(19)8-12/h4-5,8,10H,3,6-7,9,11H2,1-2H3/b16-10-. The third kappa shape index (κ3) is 5.99. The van der Waals surface area contributed by atoms with Gasteiger partial charge in [0.25, 0.3) is 0 Å². The van der Waals surface area contributed by atoms with Crippen molar-refractivity contribution in [2.24, 2.45) is 0 Å². The van der Waals surface area contributed by atoms with Gasteiger partial charge >= 0.3 is 11.9 Å². The molecule has 0 unspecified atom stereocenters. The zero-order chi connectivity index (χ0) is 19.8. The number of carbonyl (C=O) groups is 3. The normalized spacial score (nSPS) is 15.1. The first-order valence-electron chi connectivity index (χ1n) is 8.24.